The summed E-state index contributed by atoms with van der Waals surface area (Å²) in [5.41, 5.74) is 2.46. The number of hydrogen-bond donors (Lipinski definition) is 0. The van der Waals surface area contributed by atoms with E-state index >= 15 is 0 Å². The fraction of sp³-hybridized carbons (Fsp3) is 0.0435. The van der Waals surface area contributed by atoms with Crippen molar-refractivity contribution in [1.82, 2.24) is 0 Å². The summed E-state index contributed by atoms with van der Waals surface area (Å²) in [5.74, 6) is 0.243. The minimum atomic E-state index is -0.558. The lowest BCUT2D eigenvalue weighted by molar-refractivity contribution is -0.129. The highest BCUT2D eigenvalue weighted by Crippen LogP contribution is 2.36. The van der Waals surface area contributed by atoms with Crippen LogP contribution in [-0.2, 0) is 16.1 Å². The standard InChI is InChI=1S/C23H12Br2Cl2INO3/c24-17-7-13(8-18(25)21(17)31-11-12-1-4-15(28)5-2-12)9-20-23(30)32-22(29-20)16-6-3-14(26)10-19(16)27/h1-10H,11H2/b20-9-. The summed E-state index contributed by atoms with van der Waals surface area (Å²) in [6.45, 7) is 0.427. The van der Waals surface area contributed by atoms with E-state index in [-0.39, 0.29) is 11.6 Å². The van der Waals surface area contributed by atoms with Gasteiger partial charge in [0, 0.05) is 8.59 Å². The SMILES string of the molecule is O=C1OC(c2ccc(Cl)cc2Cl)=N/C1=C\c1cc(Br)c(OCc2ccc(I)cc2)c(Br)c1. The Morgan fingerprint density at radius 1 is 1.03 bits per heavy atom. The van der Waals surface area contributed by atoms with E-state index in [9.17, 15) is 4.79 Å². The van der Waals surface area contributed by atoms with Crippen LogP contribution in [-0.4, -0.2) is 11.9 Å². The first kappa shape index (κ1) is 23.8. The number of cyclic esters (lactones) is 1. The molecule has 3 aromatic rings. The lowest BCUT2D eigenvalue weighted by atomic mass is 10.2. The molecule has 0 amide bonds. The number of hydrogen-bond acceptors (Lipinski definition) is 4. The van der Waals surface area contributed by atoms with Crippen LogP contribution in [0.3, 0.4) is 0 Å². The fourth-order valence-electron chi connectivity index (χ4n) is 2.88. The third kappa shape index (κ3) is 5.56. The van der Waals surface area contributed by atoms with Gasteiger partial charge in [0.1, 0.15) is 12.4 Å². The zero-order chi connectivity index (χ0) is 22.8. The van der Waals surface area contributed by atoms with Crippen LogP contribution in [0.25, 0.3) is 6.08 Å². The maximum Gasteiger partial charge on any atom is 0.363 e. The third-order valence-corrected chi connectivity index (χ3v) is 6.85. The van der Waals surface area contributed by atoms with E-state index < -0.39 is 5.97 Å². The van der Waals surface area contributed by atoms with Crippen molar-refractivity contribution in [3.05, 3.63) is 99.5 Å². The molecular formula is C23H12Br2Cl2INO3. The van der Waals surface area contributed by atoms with Crippen LogP contribution >= 0.6 is 77.7 Å². The van der Waals surface area contributed by atoms with E-state index in [0.29, 0.717) is 28.0 Å². The van der Waals surface area contributed by atoms with Gasteiger partial charge in [0.25, 0.3) is 0 Å². The van der Waals surface area contributed by atoms with E-state index in [2.05, 4.69) is 59.4 Å². The van der Waals surface area contributed by atoms with Gasteiger partial charge in [0.05, 0.1) is 19.5 Å². The molecule has 32 heavy (non-hydrogen) atoms. The van der Waals surface area contributed by atoms with Gasteiger partial charge in [0.15, 0.2) is 5.70 Å². The van der Waals surface area contributed by atoms with Crippen molar-refractivity contribution in [1.29, 1.82) is 0 Å². The molecule has 0 saturated carbocycles. The highest BCUT2D eigenvalue weighted by atomic mass is 127. The molecular weight excluding hydrogens is 696 g/mol. The molecule has 0 fully saturated rings. The van der Waals surface area contributed by atoms with Gasteiger partial charge in [0.2, 0.25) is 5.90 Å². The monoisotopic (exact) mass is 705 g/mol. The average Bonchev–Trinajstić information content (AvgIpc) is 3.08. The van der Waals surface area contributed by atoms with Gasteiger partial charge in [-0.1, -0.05) is 35.3 Å². The van der Waals surface area contributed by atoms with Gasteiger partial charge >= 0.3 is 5.97 Å². The van der Waals surface area contributed by atoms with Crippen molar-refractivity contribution in [2.75, 3.05) is 0 Å². The fourth-order valence-corrected chi connectivity index (χ4v) is 5.18. The number of rotatable bonds is 5. The molecule has 0 N–H and O–H groups in total. The smallest absolute Gasteiger partial charge is 0.363 e. The van der Waals surface area contributed by atoms with Crippen molar-refractivity contribution in [2.24, 2.45) is 4.99 Å². The first-order valence-corrected chi connectivity index (χ1v) is 12.6. The summed E-state index contributed by atoms with van der Waals surface area (Å²) in [6.07, 6.45) is 1.64. The molecule has 0 aromatic heterocycles. The van der Waals surface area contributed by atoms with Gasteiger partial charge in [-0.3, -0.25) is 0 Å². The number of benzene rings is 3. The van der Waals surface area contributed by atoms with E-state index in [0.717, 1.165) is 20.1 Å². The van der Waals surface area contributed by atoms with E-state index in [4.69, 9.17) is 32.7 Å². The molecule has 4 nitrogen and oxygen atoms in total. The predicted octanol–water partition coefficient (Wildman–Crippen LogP) is 8.05. The Bertz CT molecular complexity index is 1250. The van der Waals surface area contributed by atoms with Crippen molar-refractivity contribution in [2.45, 2.75) is 6.61 Å². The molecule has 0 radical (unpaired) electrons. The summed E-state index contributed by atoms with van der Waals surface area (Å²) < 4.78 is 13.9. The van der Waals surface area contributed by atoms with Gasteiger partial charge in [-0.05, 0) is 114 Å². The molecule has 162 valence electrons. The highest BCUT2D eigenvalue weighted by Gasteiger charge is 2.26. The zero-order valence-corrected chi connectivity index (χ0v) is 22.9. The second kappa shape index (κ2) is 10.3. The van der Waals surface area contributed by atoms with Crippen molar-refractivity contribution >= 4 is 95.6 Å². The van der Waals surface area contributed by atoms with Crippen LogP contribution in [0.2, 0.25) is 10.0 Å². The van der Waals surface area contributed by atoms with Gasteiger partial charge in [-0.25, -0.2) is 9.79 Å². The quantitative estimate of drug-likeness (QED) is 0.153. The second-order valence-electron chi connectivity index (χ2n) is 6.69. The van der Waals surface area contributed by atoms with Gasteiger partial charge in [-0.2, -0.15) is 0 Å². The van der Waals surface area contributed by atoms with E-state index in [1.54, 1.807) is 24.3 Å². The molecule has 1 heterocycles. The number of carbonyl (C=O) groups is 1. The highest BCUT2D eigenvalue weighted by molar-refractivity contribution is 14.1. The first-order valence-electron chi connectivity index (χ1n) is 9.14. The molecule has 0 aliphatic carbocycles. The summed E-state index contributed by atoms with van der Waals surface area (Å²) in [6, 6.07) is 16.7. The van der Waals surface area contributed by atoms with Gasteiger partial charge < -0.3 is 9.47 Å². The Morgan fingerprint density at radius 2 is 1.72 bits per heavy atom. The van der Waals surface area contributed by atoms with Crippen molar-refractivity contribution < 1.29 is 14.3 Å². The van der Waals surface area contributed by atoms with Crippen LogP contribution < -0.4 is 4.74 Å². The Hall–Kier alpha value is -1.39. The average molecular weight is 708 g/mol. The minimum absolute atomic E-state index is 0.138. The second-order valence-corrected chi connectivity index (χ2v) is 10.5. The molecule has 0 atom stereocenters. The molecule has 0 saturated heterocycles. The van der Waals surface area contributed by atoms with Crippen LogP contribution in [0, 0.1) is 3.57 Å². The normalized spacial score (nSPS) is 14.5. The largest absolute Gasteiger partial charge is 0.487 e. The lowest BCUT2D eigenvalue weighted by Gasteiger charge is -2.11. The molecule has 4 rings (SSSR count). The van der Waals surface area contributed by atoms with Crippen molar-refractivity contribution in [3.8, 4) is 5.75 Å². The number of esters is 1. The van der Waals surface area contributed by atoms with Crippen LogP contribution in [0.5, 0.6) is 5.75 Å². The summed E-state index contributed by atoms with van der Waals surface area (Å²) in [4.78, 5) is 16.6. The number of aliphatic imine (C=N–C) groups is 1. The summed E-state index contributed by atoms with van der Waals surface area (Å²) in [7, 11) is 0. The topological polar surface area (TPSA) is 47.9 Å². The van der Waals surface area contributed by atoms with Crippen molar-refractivity contribution in [3.63, 3.8) is 0 Å². The maximum atomic E-state index is 12.3. The summed E-state index contributed by atoms with van der Waals surface area (Å²) in [5, 5.41) is 0.837. The minimum Gasteiger partial charge on any atom is -0.487 e. The van der Waals surface area contributed by atoms with E-state index in [1.165, 1.54) is 3.57 Å². The molecule has 0 bridgehead atoms. The predicted molar refractivity (Wildman–Crippen MR) is 142 cm³/mol. The molecule has 1 aliphatic rings. The first-order chi connectivity index (χ1) is 15.3. The Kier molecular flexibility index (Phi) is 7.62. The van der Waals surface area contributed by atoms with Crippen LogP contribution in [0.1, 0.15) is 16.7 Å². The Morgan fingerprint density at radius 3 is 2.38 bits per heavy atom. The van der Waals surface area contributed by atoms with Gasteiger partial charge in [-0.15, -0.1) is 0 Å². The summed E-state index contributed by atoms with van der Waals surface area (Å²) >= 11 is 21.5. The molecule has 9 heteroatoms. The van der Waals surface area contributed by atoms with E-state index in [1.807, 2.05) is 36.4 Å². The maximum absolute atomic E-state index is 12.3. The molecule has 0 spiro atoms. The van der Waals surface area contributed by atoms with Crippen LogP contribution in [0.15, 0.2) is 74.2 Å². The molecule has 1 aliphatic heterocycles. The number of nitrogens with zero attached hydrogens (tertiary/aromatic N) is 1. The lowest BCUT2D eigenvalue weighted by Crippen LogP contribution is -2.05. The molecule has 3 aromatic carbocycles. The number of carbonyl (C=O) groups excluding carboxylic acids is 1. The Balaban J connectivity index is 1.56. The third-order valence-electron chi connectivity index (χ3n) is 4.40. The zero-order valence-electron chi connectivity index (χ0n) is 16.0. The molecule has 0 unspecified atom stereocenters. The van der Waals surface area contributed by atoms with Crippen LogP contribution in [0.4, 0.5) is 0 Å². The number of halogens is 5. The number of ether oxygens (including phenoxy) is 2. The Labute approximate surface area is 225 Å².